The molecule has 1 heterocycles. The van der Waals surface area contributed by atoms with Crippen molar-refractivity contribution in [2.24, 2.45) is 0 Å². The highest BCUT2D eigenvalue weighted by Gasteiger charge is 2.38. The van der Waals surface area contributed by atoms with Gasteiger partial charge in [0.05, 0.1) is 11.1 Å². The second-order valence-electron chi connectivity index (χ2n) is 6.22. The predicted octanol–water partition coefficient (Wildman–Crippen LogP) is 5.19. The van der Waals surface area contributed by atoms with Gasteiger partial charge in [-0.2, -0.15) is 13.2 Å². The van der Waals surface area contributed by atoms with Gasteiger partial charge in [0, 0.05) is 24.0 Å². The molecule has 0 aliphatic heterocycles. The smallest absolute Gasteiger partial charge is 0.417 e. The molecule has 0 bridgehead atoms. The van der Waals surface area contributed by atoms with E-state index in [2.05, 4.69) is 10.3 Å². The summed E-state index contributed by atoms with van der Waals surface area (Å²) in [6.45, 7) is -1.33. The fraction of sp³-hybridized carbons (Fsp3) is 0.100. The Morgan fingerprint density at radius 1 is 1.03 bits per heavy atom. The zero-order valence-corrected chi connectivity index (χ0v) is 15.3. The number of alkyl halides is 4. The van der Waals surface area contributed by atoms with Crippen LogP contribution in [-0.2, 0) is 12.9 Å². The number of hydrogen-bond acceptors (Lipinski definition) is 3. The largest absolute Gasteiger partial charge is 0.453 e. The number of pyridine rings is 1. The molecule has 0 radical (unpaired) electrons. The number of H-pyrrole nitrogens is 1. The molecular weight excluding hydrogens is 430 g/mol. The minimum Gasteiger partial charge on any atom is -0.453 e. The number of benzene rings is 2. The molecule has 31 heavy (non-hydrogen) atoms. The van der Waals surface area contributed by atoms with Gasteiger partial charge in [0.1, 0.15) is 18.2 Å². The molecule has 2 aromatic carbocycles. The van der Waals surface area contributed by atoms with Crippen LogP contribution in [0.3, 0.4) is 0 Å². The van der Waals surface area contributed by atoms with E-state index < -0.39 is 64.1 Å². The van der Waals surface area contributed by atoms with Crippen LogP contribution in [0.5, 0.6) is 11.5 Å². The third-order valence-corrected chi connectivity index (χ3v) is 4.00. The van der Waals surface area contributed by atoms with E-state index >= 15 is 0 Å². The molecule has 0 fully saturated rings. The van der Waals surface area contributed by atoms with Crippen molar-refractivity contribution in [1.82, 2.24) is 4.98 Å². The number of nitrogens with one attached hydrogen (secondary N) is 2. The van der Waals surface area contributed by atoms with Gasteiger partial charge in [-0.25, -0.2) is 13.2 Å². The standard InChI is InChI=1S/C20H12F6N2O3/c21-9-10-5-13(20(24,25)26)18(19(30)28-12-3-4-27-17(29)8-12)16(6-10)31-15-2-1-11(22)7-14(15)23/h1-8H,9H2,(H2,27,28,29,30). The first-order valence-electron chi connectivity index (χ1n) is 8.51. The van der Waals surface area contributed by atoms with Gasteiger partial charge in [0.2, 0.25) is 5.56 Å². The van der Waals surface area contributed by atoms with Crippen LogP contribution in [0.25, 0.3) is 0 Å². The van der Waals surface area contributed by atoms with Crippen LogP contribution in [0.2, 0.25) is 0 Å². The number of amides is 1. The van der Waals surface area contributed by atoms with Crippen LogP contribution in [-0.4, -0.2) is 10.9 Å². The SMILES string of the molecule is O=C(Nc1cc[nH]c(=O)c1)c1c(Oc2ccc(F)cc2F)cc(CF)cc1C(F)(F)F. The number of anilines is 1. The van der Waals surface area contributed by atoms with Crippen molar-refractivity contribution < 1.29 is 35.9 Å². The maximum atomic E-state index is 14.0. The van der Waals surface area contributed by atoms with E-state index in [-0.39, 0.29) is 5.69 Å². The minimum atomic E-state index is -5.11. The van der Waals surface area contributed by atoms with Crippen molar-refractivity contribution >= 4 is 11.6 Å². The molecule has 162 valence electrons. The Morgan fingerprint density at radius 2 is 1.77 bits per heavy atom. The lowest BCUT2D eigenvalue weighted by Gasteiger charge is -2.18. The van der Waals surface area contributed by atoms with Gasteiger partial charge < -0.3 is 15.0 Å². The molecule has 0 unspecified atom stereocenters. The van der Waals surface area contributed by atoms with Crippen molar-refractivity contribution in [3.8, 4) is 11.5 Å². The normalized spacial score (nSPS) is 11.3. The summed E-state index contributed by atoms with van der Waals surface area (Å²) < 4.78 is 86.3. The first-order chi connectivity index (χ1) is 14.6. The number of rotatable bonds is 5. The number of aromatic amines is 1. The molecule has 0 saturated carbocycles. The van der Waals surface area contributed by atoms with Gasteiger partial charge in [0.25, 0.3) is 5.91 Å². The fourth-order valence-electron chi connectivity index (χ4n) is 2.68. The zero-order chi connectivity index (χ0) is 22.8. The summed E-state index contributed by atoms with van der Waals surface area (Å²) in [7, 11) is 0. The molecule has 5 nitrogen and oxygen atoms in total. The van der Waals surface area contributed by atoms with Crippen molar-refractivity contribution in [3.63, 3.8) is 0 Å². The Morgan fingerprint density at radius 3 is 2.39 bits per heavy atom. The summed E-state index contributed by atoms with van der Waals surface area (Å²) in [5.41, 5.74) is -3.87. The average molecular weight is 442 g/mol. The quantitative estimate of drug-likeness (QED) is 0.535. The molecule has 3 rings (SSSR count). The summed E-state index contributed by atoms with van der Waals surface area (Å²) in [5.74, 6) is -5.06. The van der Waals surface area contributed by atoms with E-state index in [9.17, 15) is 35.9 Å². The zero-order valence-electron chi connectivity index (χ0n) is 15.3. The van der Waals surface area contributed by atoms with Gasteiger partial charge in [0.15, 0.2) is 11.6 Å². The van der Waals surface area contributed by atoms with Crippen LogP contribution >= 0.6 is 0 Å². The van der Waals surface area contributed by atoms with Crippen molar-refractivity contribution in [2.75, 3.05) is 5.32 Å². The molecule has 0 spiro atoms. The van der Waals surface area contributed by atoms with Crippen LogP contribution < -0.4 is 15.6 Å². The van der Waals surface area contributed by atoms with Gasteiger partial charge in [-0.05, 0) is 35.9 Å². The molecular formula is C20H12F6N2O3. The third-order valence-electron chi connectivity index (χ3n) is 4.00. The van der Waals surface area contributed by atoms with Crippen LogP contribution in [0, 0.1) is 11.6 Å². The number of ether oxygens (including phenoxy) is 1. The van der Waals surface area contributed by atoms with Gasteiger partial charge in [-0.3, -0.25) is 9.59 Å². The highest BCUT2D eigenvalue weighted by molar-refractivity contribution is 6.07. The number of carbonyl (C=O) groups is 1. The highest BCUT2D eigenvalue weighted by Crippen LogP contribution is 2.39. The summed E-state index contributed by atoms with van der Waals surface area (Å²) >= 11 is 0. The Balaban J connectivity index is 2.15. The summed E-state index contributed by atoms with van der Waals surface area (Å²) in [6, 6.07) is 5.36. The maximum absolute atomic E-state index is 14.0. The fourth-order valence-corrected chi connectivity index (χ4v) is 2.68. The van der Waals surface area contributed by atoms with E-state index in [0.29, 0.717) is 12.1 Å². The molecule has 0 aliphatic rings. The highest BCUT2D eigenvalue weighted by atomic mass is 19.4. The Labute approximate surface area is 170 Å². The van der Waals surface area contributed by atoms with E-state index in [4.69, 9.17) is 4.74 Å². The van der Waals surface area contributed by atoms with Crippen LogP contribution in [0.1, 0.15) is 21.5 Å². The second kappa shape index (κ2) is 8.54. The Kier molecular flexibility index (Phi) is 6.04. The monoisotopic (exact) mass is 442 g/mol. The molecule has 2 N–H and O–H groups in total. The number of hydrogen-bond donors (Lipinski definition) is 2. The molecule has 3 aromatic rings. The first kappa shape index (κ1) is 21.9. The third kappa shape index (κ3) is 5.05. The van der Waals surface area contributed by atoms with Gasteiger partial charge >= 0.3 is 6.18 Å². The van der Waals surface area contributed by atoms with Gasteiger partial charge in [-0.1, -0.05) is 0 Å². The van der Waals surface area contributed by atoms with E-state index in [1.54, 1.807) is 0 Å². The van der Waals surface area contributed by atoms with E-state index in [0.717, 1.165) is 30.5 Å². The predicted molar refractivity (Wildman–Crippen MR) is 97.7 cm³/mol. The lowest BCUT2D eigenvalue weighted by Crippen LogP contribution is -2.21. The minimum absolute atomic E-state index is 0.129. The average Bonchev–Trinajstić information content (AvgIpc) is 2.68. The van der Waals surface area contributed by atoms with Crippen molar-refractivity contribution in [1.29, 1.82) is 0 Å². The first-order valence-corrected chi connectivity index (χ1v) is 8.51. The molecule has 11 heteroatoms. The summed E-state index contributed by atoms with van der Waals surface area (Å²) in [6.07, 6.45) is -3.95. The van der Waals surface area contributed by atoms with Gasteiger partial charge in [-0.15, -0.1) is 0 Å². The van der Waals surface area contributed by atoms with E-state index in [1.807, 2.05) is 0 Å². The Hall–Kier alpha value is -3.76. The maximum Gasteiger partial charge on any atom is 0.417 e. The molecule has 0 saturated heterocycles. The van der Waals surface area contributed by atoms with Crippen LogP contribution in [0.15, 0.2) is 53.5 Å². The molecule has 0 aliphatic carbocycles. The van der Waals surface area contributed by atoms with Crippen molar-refractivity contribution in [3.05, 3.63) is 87.3 Å². The molecule has 1 aromatic heterocycles. The topological polar surface area (TPSA) is 71.2 Å². The van der Waals surface area contributed by atoms with Crippen LogP contribution in [0.4, 0.5) is 32.0 Å². The number of aromatic nitrogens is 1. The number of carbonyl (C=O) groups excluding carboxylic acids is 1. The van der Waals surface area contributed by atoms with Crippen molar-refractivity contribution in [2.45, 2.75) is 12.9 Å². The lowest BCUT2D eigenvalue weighted by atomic mass is 10.0. The lowest BCUT2D eigenvalue weighted by molar-refractivity contribution is -0.138. The Bertz CT molecular complexity index is 1190. The molecule has 0 atom stereocenters. The second-order valence-corrected chi connectivity index (χ2v) is 6.22. The summed E-state index contributed by atoms with van der Waals surface area (Å²) in [4.78, 5) is 26.3. The van der Waals surface area contributed by atoms with E-state index in [1.165, 1.54) is 6.07 Å². The molecule has 1 amide bonds. The summed E-state index contributed by atoms with van der Waals surface area (Å²) in [5, 5.41) is 2.11. The number of halogens is 6.